The molecule has 0 aliphatic carbocycles. The number of hydrogen-bond acceptors (Lipinski definition) is 5. The van der Waals surface area contributed by atoms with Gasteiger partial charge in [0.1, 0.15) is 5.60 Å². The number of rotatable bonds is 2. The molecule has 0 spiro atoms. The number of esters is 1. The van der Waals surface area contributed by atoms with Crippen LogP contribution in [-0.4, -0.2) is 52.0 Å². The molecule has 1 aliphatic rings. The standard InChI is InChI=1S/C15H21N3O4/c1-15(2,3)22-14(20)18-9-10(6-12(18)13(19)21-5)11-7-16-17(4)8-11/h6-8,12H,9H2,1-5H3/t12-/m1/s1. The van der Waals surface area contributed by atoms with Gasteiger partial charge in [-0.15, -0.1) is 0 Å². The van der Waals surface area contributed by atoms with E-state index < -0.39 is 23.7 Å². The normalized spacial score (nSPS) is 18.1. The number of carbonyl (C=O) groups is 2. The number of carbonyl (C=O) groups excluding carboxylic acids is 2. The number of aryl methyl sites for hydroxylation is 1. The second kappa shape index (κ2) is 5.82. The highest BCUT2D eigenvalue weighted by atomic mass is 16.6. The smallest absolute Gasteiger partial charge is 0.411 e. The third-order valence-corrected chi connectivity index (χ3v) is 3.18. The van der Waals surface area contributed by atoms with Crippen molar-refractivity contribution >= 4 is 17.6 Å². The highest BCUT2D eigenvalue weighted by Crippen LogP contribution is 2.27. The molecule has 0 saturated heterocycles. The van der Waals surface area contributed by atoms with Crippen LogP contribution in [-0.2, 0) is 21.3 Å². The predicted molar refractivity (Wildman–Crippen MR) is 79.9 cm³/mol. The summed E-state index contributed by atoms with van der Waals surface area (Å²) >= 11 is 0. The van der Waals surface area contributed by atoms with E-state index in [2.05, 4.69) is 5.10 Å². The molecular formula is C15H21N3O4. The minimum atomic E-state index is -0.782. The number of aromatic nitrogens is 2. The van der Waals surface area contributed by atoms with Crippen molar-refractivity contribution in [1.82, 2.24) is 14.7 Å². The first-order valence-electron chi connectivity index (χ1n) is 6.98. The fourth-order valence-corrected chi connectivity index (χ4v) is 2.20. The van der Waals surface area contributed by atoms with E-state index in [-0.39, 0.29) is 6.54 Å². The topological polar surface area (TPSA) is 73.7 Å². The van der Waals surface area contributed by atoms with Gasteiger partial charge in [0.2, 0.25) is 0 Å². The average molecular weight is 307 g/mol. The number of nitrogens with zero attached hydrogens (tertiary/aromatic N) is 3. The van der Waals surface area contributed by atoms with Crippen LogP contribution in [0.3, 0.4) is 0 Å². The Morgan fingerprint density at radius 3 is 2.55 bits per heavy atom. The zero-order chi connectivity index (χ0) is 16.5. The Bertz CT molecular complexity index is 613. The Balaban J connectivity index is 2.24. The quantitative estimate of drug-likeness (QED) is 0.776. The molecule has 1 aromatic rings. The average Bonchev–Trinajstić information content (AvgIpc) is 3.01. The molecule has 7 heteroatoms. The van der Waals surface area contributed by atoms with Gasteiger partial charge in [0, 0.05) is 18.8 Å². The zero-order valence-electron chi connectivity index (χ0n) is 13.5. The van der Waals surface area contributed by atoms with Crippen LogP contribution < -0.4 is 0 Å². The number of methoxy groups -OCH3 is 1. The van der Waals surface area contributed by atoms with Crippen LogP contribution in [0.15, 0.2) is 18.5 Å². The van der Waals surface area contributed by atoms with Gasteiger partial charge in [-0.25, -0.2) is 9.59 Å². The van der Waals surface area contributed by atoms with Gasteiger partial charge in [0.25, 0.3) is 0 Å². The minimum Gasteiger partial charge on any atom is -0.467 e. The molecule has 1 atom stereocenters. The van der Waals surface area contributed by atoms with E-state index in [0.717, 1.165) is 11.1 Å². The number of ether oxygens (including phenoxy) is 2. The summed E-state index contributed by atoms with van der Waals surface area (Å²) in [6.45, 7) is 5.62. The van der Waals surface area contributed by atoms with Gasteiger partial charge in [0.15, 0.2) is 6.04 Å². The lowest BCUT2D eigenvalue weighted by Gasteiger charge is -2.27. The van der Waals surface area contributed by atoms with Crippen molar-refractivity contribution in [1.29, 1.82) is 0 Å². The van der Waals surface area contributed by atoms with Crippen LogP contribution in [0.1, 0.15) is 26.3 Å². The molecule has 22 heavy (non-hydrogen) atoms. The van der Waals surface area contributed by atoms with Crippen LogP contribution >= 0.6 is 0 Å². The summed E-state index contributed by atoms with van der Waals surface area (Å²) in [5.41, 5.74) is 1.08. The third-order valence-electron chi connectivity index (χ3n) is 3.18. The lowest BCUT2D eigenvalue weighted by molar-refractivity contribution is -0.144. The van der Waals surface area contributed by atoms with E-state index in [1.54, 1.807) is 37.7 Å². The van der Waals surface area contributed by atoms with Crippen LogP contribution in [0.4, 0.5) is 4.79 Å². The monoisotopic (exact) mass is 307 g/mol. The third kappa shape index (κ3) is 3.47. The van der Waals surface area contributed by atoms with Crippen molar-refractivity contribution in [2.45, 2.75) is 32.4 Å². The first-order valence-corrected chi connectivity index (χ1v) is 6.98. The Morgan fingerprint density at radius 2 is 2.05 bits per heavy atom. The van der Waals surface area contributed by atoms with Crippen molar-refractivity contribution in [3.63, 3.8) is 0 Å². The summed E-state index contributed by atoms with van der Waals surface area (Å²) in [4.78, 5) is 25.6. The van der Waals surface area contributed by atoms with E-state index in [0.29, 0.717) is 0 Å². The molecule has 0 unspecified atom stereocenters. The molecule has 0 radical (unpaired) electrons. The molecule has 0 aromatic carbocycles. The summed E-state index contributed by atoms with van der Waals surface area (Å²) in [6, 6.07) is -0.782. The lowest BCUT2D eigenvalue weighted by Crippen LogP contribution is -2.44. The zero-order valence-corrected chi connectivity index (χ0v) is 13.5. The van der Waals surface area contributed by atoms with Gasteiger partial charge in [0.05, 0.1) is 19.9 Å². The van der Waals surface area contributed by atoms with Gasteiger partial charge in [-0.1, -0.05) is 0 Å². The Morgan fingerprint density at radius 1 is 1.36 bits per heavy atom. The maximum absolute atomic E-state index is 12.3. The van der Waals surface area contributed by atoms with E-state index >= 15 is 0 Å². The van der Waals surface area contributed by atoms with Crippen molar-refractivity contribution in [2.75, 3.05) is 13.7 Å². The SMILES string of the molecule is COC(=O)[C@H]1C=C(c2cnn(C)c2)CN1C(=O)OC(C)(C)C. The molecule has 7 nitrogen and oxygen atoms in total. The first-order chi connectivity index (χ1) is 10.2. The van der Waals surface area contributed by atoms with Gasteiger partial charge in [-0.05, 0) is 32.4 Å². The number of amides is 1. The maximum Gasteiger partial charge on any atom is 0.411 e. The lowest BCUT2D eigenvalue weighted by atomic mass is 10.1. The van der Waals surface area contributed by atoms with Crippen LogP contribution in [0.2, 0.25) is 0 Å². The molecule has 1 aliphatic heterocycles. The second-order valence-electron chi connectivity index (χ2n) is 6.17. The first kappa shape index (κ1) is 16.1. The molecule has 0 bridgehead atoms. The van der Waals surface area contributed by atoms with Gasteiger partial charge in [-0.2, -0.15) is 5.10 Å². The Hall–Kier alpha value is -2.31. The molecule has 120 valence electrons. The highest BCUT2D eigenvalue weighted by Gasteiger charge is 2.37. The fourth-order valence-electron chi connectivity index (χ4n) is 2.20. The van der Waals surface area contributed by atoms with Gasteiger partial charge in [-0.3, -0.25) is 9.58 Å². The Kier molecular flexibility index (Phi) is 4.25. The second-order valence-corrected chi connectivity index (χ2v) is 6.17. The van der Waals surface area contributed by atoms with Gasteiger partial charge < -0.3 is 9.47 Å². The molecule has 1 amide bonds. The van der Waals surface area contributed by atoms with Crippen molar-refractivity contribution < 1.29 is 19.1 Å². The van der Waals surface area contributed by atoms with Crippen LogP contribution in [0.5, 0.6) is 0 Å². The maximum atomic E-state index is 12.3. The van der Waals surface area contributed by atoms with E-state index in [4.69, 9.17) is 9.47 Å². The summed E-state index contributed by atoms with van der Waals surface area (Å²) in [5.74, 6) is -0.496. The van der Waals surface area contributed by atoms with Crippen molar-refractivity contribution in [2.24, 2.45) is 7.05 Å². The summed E-state index contributed by atoms with van der Waals surface area (Å²) in [6.07, 6.45) is 4.70. The predicted octanol–water partition coefficient (Wildman–Crippen LogP) is 1.60. The van der Waals surface area contributed by atoms with Crippen LogP contribution in [0.25, 0.3) is 5.57 Å². The van der Waals surface area contributed by atoms with Crippen molar-refractivity contribution in [3.8, 4) is 0 Å². The highest BCUT2D eigenvalue weighted by molar-refractivity contribution is 5.90. The Labute approximate surface area is 129 Å². The molecule has 0 fully saturated rings. The van der Waals surface area contributed by atoms with E-state index in [1.165, 1.54) is 12.0 Å². The van der Waals surface area contributed by atoms with E-state index in [9.17, 15) is 9.59 Å². The van der Waals surface area contributed by atoms with E-state index in [1.807, 2.05) is 13.2 Å². The summed E-state index contributed by atoms with van der Waals surface area (Å²) < 4.78 is 11.8. The van der Waals surface area contributed by atoms with Crippen LogP contribution in [0, 0.1) is 0 Å². The molecule has 2 rings (SSSR count). The molecule has 2 heterocycles. The molecular weight excluding hydrogens is 286 g/mol. The largest absolute Gasteiger partial charge is 0.467 e. The summed E-state index contributed by atoms with van der Waals surface area (Å²) in [5, 5.41) is 4.11. The summed E-state index contributed by atoms with van der Waals surface area (Å²) in [7, 11) is 3.11. The fraction of sp³-hybridized carbons (Fsp3) is 0.533. The minimum absolute atomic E-state index is 0.278. The van der Waals surface area contributed by atoms with Crippen molar-refractivity contribution in [3.05, 3.63) is 24.0 Å². The van der Waals surface area contributed by atoms with Gasteiger partial charge >= 0.3 is 12.1 Å². The molecule has 1 aromatic heterocycles. The number of hydrogen-bond donors (Lipinski definition) is 0. The molecule has 0 N–H and O–H groups in total. The molecule has 0 saturated carbocycles.